The van der Waals surface area contributed by atoms with Gasteiger partial charge in [0.2, 0.25) is 0 Å². The molecule has 1 aromatic heterocycles. The molecule has 3 aromatic rings. The molecule has 0 unspecified atom stereocenters. The summed E-state index contributed by atoms with van der Waals surface area (Å²) in [6.07, 6.45) is 6.60. The van der Waals surface area contributed by atoms with Gasteiger partial charge in [0.25, 0.3) is 0 Å². The molecule has 0 spiro atoms. The van der Waals surface area contributed by atoms with Crippen molar-refractivity contribution in [1.29, 1.82) is 0 Å². The number of allylic oxidation sites excluding steroid dienone is 1. The summed E-state index contributed by atoms with van der Waals surface area (Å²) in [5.74, 6) is 0. The van der Waals surface area contributed by atoms with Gasteiger partial charge >= 0.3 is 7.12 Å². The first-order chi connectivity index (χ1) is 12.4. The normalized spacial score (nSPS) is 20.8. The average molecular weight is 346 g/mol. The van der Waals surface area contributed by atoms with Crippen molar-refractivity contribution in [2.45, 2.75) is 51.7 Å². The lowest BCUT2D eigenvalue weighted by atomic mass is 9.79. The highest BCUT2D eigenvalue weighted by atomic mass is 16.7. The third kappa shape index (κ3) is 2.22. The van der Waals surface area contributed by atoms with Crippen molar-refractivity contribution < 1.29 is 13.7 Å². The summed E-state index contributed by atoms with van der Waals surface area (Å²) in [5, 5.41) is 2.31. The van der Waals surface area contributed by atoms with Crippen molar-refractivity contribution in [3.63, 3.8) is 0 Å². The molecule has 2 aliphatic rings. The van der Waals surface area contributed by atoms with Crippen LogP contribution in [0, 0.1) is 0 Å². The summed E-state index contributed by atoms with van der Waals surface area (Å²) in [4.78, 5) is 0. The lowest BCUT2D eigenvalue weighted by Crippen LogP contribution is -2.41. The van der Waals surface area contributed by atoms with Gasteiger partial charge in [-0.15, -0.1) is 0 Å². The smallest absolute Gasteiger partial charge is 0.455 e. The van der Waals surface area contributed by atoms with E-state index in [9.17, 15) is 0 Å². The zero-order valence-corrected chi connectivity index (χ0v) is 15.8. The Balaban J connectivity index is 1.63. The summed E-state index contributed by atoms with van der Waals surface area (Å²) in [6.45, 7) is 8.30. The Morgan fingerprint density at radius 2 is 1.65 bits per heavy atom. The van der Waals surface area contributed by atoms with Crippen LogP contribution >= 0.6 is 0 Å². The molecule has 4 heteroatoms. The molecule has 1 aliphatic heterocycles. The molecule has 1 fully saturated rings. The maximum atomic E-state index is 6.29. The van der Waals surface area contributed by atoms with E-state index in [1.54, 1.807) is 0 Å². The van der Waals surface area contributed by atoms with Crippen molar-refractivity contribution in [2.24, 2.45) is 0 Å². The maximum absolute atomic E-state index is 6.29. The van der Waals surface area contributed by atoms with Crippen LogP contribution < -0.4 is 5.46 Å². The van der Waals surface area contributed by atoms with Crippen LogP contribution in [-0.4, -0.2) is 18.3 Å². The lowest BCUT2D eigenvalue weighted by molar-refractivity contribution is 0.00578. The minimum atomic E-state index is -0.369. The minimum absolute atomic E-state index is 0.343. The Bertz CT molecular complexity index is 1040. The van der Waals surface area contributed by atoms with E-state index in [1.165, 1.54) is 16.5 Å². The molecule has 0 atom stereocenters. The predicted octanol–water partition coefficient (Wildman–Crippen LogP) is 4.84. The summed E-state index contributed by atoms with van der Waals surface area (Å²) < 4.78 is 18.7. The standard InChI is InChI=1S/C22H23BO3/c1-21(2)22(3,4)26-23(25-21)15-10-12-17-18-11-9-14-7-5-6-8-16(14)20(18)24-19(17)13-15/h6,8-13H,5,7H2,1-4H3. The van der Waals surface area contributed by atoms with Crippen molar-refractivity contribution in [3.8, 4) is 0 Å². The second kappa shape index (κ2) is 5.24. The van der Waals surface area contributed by atoms with E-state index in [2.05, 4.69) is 70.2 Å². The zero-order chi connectivity index (χ0) is 18.1. The minimum Gasteiger partial charge on any atom is -0.455 e. The fourth-order valence-corrected chi connectivity index (χ4v) is 3.88. The molecular formula is C22H23BO3. The van der Waals surface area contributed by atoms with Gasteiger partial charge in [-0.05, 0) is 57.6 Å². The van der Waals surface area contributed by atoms with Crippen LogP contribution in [0.3, 0.4) is 0 Å². The molecule has 26 heavy (non-hydrogen) atoms. The number of aryl methyl sites for hydroxylation is 1. The quantitative estimate of drug-likeness (QED) is 0.591. The van der Waals surface area contributed by atoms with E-state index in [0.29, 0.717) is 0 Å². The Hall–Kier alpha value is -2.04. The first-order valence-corrected chi connectivity index (χ1v) is 9.36. The predicted molar refractivity (Wildman–Crippen MR) is 107 cm³/mol. The molecule has 0 saturated carbocycles. The SMILES string of the molecule is CC1(C)OB(c2ccc3c(c2)oc2c4c(ccc23)CCC=C4)OC1(C)C. The number of furan rings is 1. The molecule has 1 aliphatic carbocycles. The van der Waals surface area contributed by atoms with E-state index in [0.717, 1.165) is 34.9 Å². The van der Waals surface area contributed by atoms with Crippen molar-refractivity contribution >= 4 is 40.6 Å². The Morgan fingerprint density at radius 1 is 0.923 bits per heavy atom. The first-order valence-electron chi connectivity index (χ1n) is 9.36. The van der Waals surface area contributed by atoms with Gasteiger partial charge in [-0.3, -0.25) is 0 Å². The molecule has 1 saturated heterocycles. The van der Waals surface area contributed by atoms with E-state index >= 15 is 0 Å². The van der Waals surface area contributed by atoms with Crippen molar-refractivity contribution in [1.82, 2.24) is 0 Å². The van der Waals surface area contributed by atoms with E-state index in [4.69, 9.17) is 13.7 Å². The summed E-state index contributed by atoms with van der Waals surface area (Å²) in [5.41, 5.74) is 4.78. The highest BCUT2D eigenvalue weighted by Gasteiger charge is 2.51. The molecular weight excluding hydrogens is 323 g/mol. The second-order valence-corrected chi connectivity index (χ2v) is 8.40. The Labute approximate surface area is 154 Å². The Morgan fingerprint density at radius 3 is 2.42 bits per heavy atom. The number of rotatable bonds is 1. The summed E-state index contributed by atoms with van der Waals surface area (Å²) >= 11 is 0. The van der Waals surface area contributed by atoms with Crippen LogP contribution in [-0.2, 0) is 15.7 Å². The van der Waals surface area contributed by atoms with Crippen LogP contribution in [0.15, 0.2) is 40.8 Å². The number of hydrogen-bond acceptors (Lipinski definition) is 3. The number of hydrogen-bond donors (Lipinski definition) is 0. The Kier molecular flexibility index (Phi) is 3.26. The van der Waals surface area contributed by atoms with E-state index < -0.39 is 0 Å². The number of benzene rings is 2. The molecule has 132 valence electrons. The van der Waals surface area contributed by atoms with Crippen LogP contribution in [0.25, 0.3) is 28.0 Å². The highest BCUT2D eigenvalue weighted by molar-refractivity contribution is 6.62. The molecule has 5 rings (SSSR count). The van der Waals surface area contributed by atoms with Crippen molar-refractivity contribution in [3.05, 3.63) is 47.5 Å². The molecule has 0 N–H and O–H groups in total. The molecule has 3 nitrogen and oxygen atoms in total. The van der Waals surface area contributed by atoms with Crippen LogP contribution in [0.4, 0.5) is 0 Å². The fraction of sp³-hybridized carbons (Fsp3) is 0.364. The van der Waals surface area contributed by atoms with Gasteiger partial charge in [0.05, 0.1) is 11.2 Å². The van der Waals surface area contributed by atoms with E-state index in [1.807, 2.05) is 0 Å². The number of fused-ring (bicyclic) bond motifs is 5. The molecule has 0 radical (unpaired) electrons. The molecule has 2 heterocycles. The second-order valence-electron chi connectivity index (χ2n) is 8.40. The van der Waals surface area contributed by atoms with Crippen LogP contribution in [0.5, 0.6) is 0 Å². The van der Waals surface area contributed by atoms with Gasteiger partial charge in [-0.1, -0.05) is 36.4 Å². The van der Waals surface area contributed by atoms with Crippen molar-refractivity contribution in [2.75, 3.05) is 0 Å². The lowest BCUT2D eigenvalue weighted by Gasteiger charge is -2.32. The van der Waals surface area contributed by atoms with Gasteiger partial charge in [0.15, 0.2) is 0 Å². The fourth-order valence-electron chi connectivity index (χ4n) is 3.88. The summed E-state index contributed by atoms with van der Waals surface area (Å²) in [7, 11) is -0.369. The van der Waals surface area contributed by atoms with Gasteiger partial charge < -0.3 is 13.7 Å². The summed E-state index contributed by atoms with van der Waals surface area (Å²) in [6, 6.07) is 10.7. The monoisotopic (exact) mass is 346 g/mol. The third-order valence-electron chi connectivity index (χ3n) is 6.18. The van der Waals surface area contributed by atoms with Gasteiger partial charge in [0, 0.05) is 16.3 Å². The first kappa shape index (κ1) is 16.2. The van der Waals surface area contributed by atoms with Crippen LogP contribution in [0.1, 0.15) is 45.2 Å². The molecule has 2 aromatic carbocycles. The molecule has 0 bridgehead atoms. The largest absolute Gasteiger partial charge is 0.494 e. The average Bonchev–Trinajstić information content (AvgIpc) is 3.08. The van der Waals surface area contributed by atoms with Gasteiger partial charge in [0.1, 0.15) is 11.2 Å². The topological polar surface area (TPSA) is 31.6 Å². The molecule has 0 amide bonds. The van der Waals surface area contributed by atoms with Gasteiger partial charge in [-0.25, -0.2) is 0 Å². The maximum Gasteiger partial charge on any atom is 0.494 e. The van der Waals surface area contributed by atoms with Crippen LogP contribution in [0.2, 0.25) is 0 Å². The third-order valence-corrected chi connectivity index (χ3v) is 6.18. The van der Waals surface area contributed by atoms with Gasteiger partial charge in [-0.2, -0.15) is 0 Å². The highest BCUT2D eigenvalue weighted by Crippen LogP contribution is 2.38. The van der Waals surface area contributed by atoms with E-state index in [-0.39, 0.29) is 18.3 Å². The zero-order valence-electron chi connectivity index (χ0n) is 15.8.